The van der Waals surface area contributed by atoms with Crippen LogP contribution in [-0.4, -0.2) is 60.3 Å². The molecule has 0 radical (unpaired) electrons. The van der Waals surface area contributed by atoms with Crippen molar-refractivity contribution in [2.75, 3.05) is 7.11 Å². The molecule has 0 heterocycles. The summed E-state index contributed by atoms with van der Waals surface area (Å²) in [7, 11) is 1.27. The Kier molecular flexibility index (Phi) is 10.7. The lowest BCUT2D eigenvalue weighted by Crippen LogP contribution is -2.53. The highest BCUT2D eigenvalue weighted by atomic mass is 19.3. The molecule has 1 aliphatic rings. The summed E-state index contributed by atoms with van der Waals surface area (Å²) in [6.45, 7) is 3.56. The van der Waals surface area contributed by atoms with Gasteiger partial charge in [0.05, 0.1) is 13.5 Å². The van der Waals surface area contributed by atoms with E-state index >= 15 is 0 Å². The predicted octanol–water partition coefficient (Wildman–Crippen LogP) is 1.82. The lowest BCUT2D eigenvalue weighted by Gasteiger charge is -2.29. The molecule has 2 unspecified atom stereocenters. The number of ketones is 1. The van der Waals surface area contributed by atoms with E-state index in [1.165, 1.54) is 7.11 Å². The number of carboxylic acids is 1. The monoisotopic (exact) mass is 462 g/mol. The van der Waals surface area contributed by atoms with Crippen LogP contribution in [0.25, 0.3) is 0 Å². The lowest BCUT2D eigenvalue weighted by molar-refractivity contribution is -0.151. The highest BCUT2D eigenvalue weighted by Crippen LogP contribution is 2.44. The Bertz CT molecular complexity index is 706. The van der Waals surface area contributed by atoms with E-state index in [-0.39, 0.29) is 25.2 Å². The van der Waals surface area contributed by atoms with Gasteiger partial charge in [-0.05, 0) is 30.6 Å². The molecule has 0 aromatic heterocycles. The largest absolute Gasteiger partial charge is 0.475 e. The van der Waals surface area contributed by atoms with Crippen molar-refractivity contribution in [3.8, 4) is 0 Å². The number of alkyl halides is 2. The molecular weight excluding hydrogens is 430 g/mol. The van der Waals surface area contributed by atoms with E-state index in [0.29, 0.717) is 12.8 Å². The molecular formula is C21H32F2N2O7. The van der Waals surface area contributed by atoms with Crippen molar-refractivity contribution in [2.45, 2.75) is 83.7 Å². The van der Waals surface area contributed by atoms with Crippen LogP contribution in [0.15, 0.2) is 0 Å². The summed E-state index contributed by atoms with van der Waals surface area (Å²) < 4.78 is 30.3. The number of hydrogen-bond acceptors (Lipinski definition) is 6. The Morgan fingerprint density at radius 1 is 0.969 bits per heavy atom. The van der Waals surface area contributed by atoms with Gasteiger partial charge in [-0.25, -0.2) is 13.6 Å². The molecule has 1 rings (SSSR count). The van der Waals surface area contributed by atoms with E-state index in [1.54, 1.807) is 13.8 Å². The summed E-state index contributed by atoms with van der Waals surface area (Å²) in [6.07, 6.45) is -0.951. The molecule has 182 valence electrons. The lowest BCUT2D eigenvalue weighted by atomic mass is 9.79. The molecule has 0 aromatic carbocycles. The third-order valence-corrected chi connectivity index (χ3v) is 5.56. The third-order valence-electron chi connectivity index (χ3n) is 5.56. The fraction of sp³-hybridized carbons (Fsp3) is 0.762. The van der Waals surface area contributed by atoms with Gasteiger partial charge in [0.2, 0.25) is 18.2 Å². The summed E-state index contributed by atoms with van der Waals surface area (Å²) in [5.41, 5.74) is -0.576. The Labute approximate surface area is 185 Å². The fourth-order valence-electron chi connectivity index (χ4n) is 4.04. The van der Waals surface area contributed by atoms with Crippen molar-refractivity contribution in [1.29, 1.82) is 0 Å². The van der Waals surface area contributed by atoms with Crippen molar-refractivity contribution in [1.82, 2.24) is 10.6 Å². The number of carbonyl (C=O) groups excluding carboxylic acids is 4. The number of aliphatic carboxylic acids is 1. The number of carbonyl (C=O) groups is 5. The van der Waals surface area contributed by atoms with Gasteiger partial charge in [-0.1, -0.05) is 26.7 Å². The second-order valence-corrected chi connectivity index (χ2v) is 8.74. The van der Waals surface area contributed by atoms with Crippen molar-refractivity contribution in [2.24, 2.45) is 11.3 Å². The van der Waals surface area contributed by atoms with E-state index in [0.717, 1.165) is 12.8 Å². The van der Waals surface area contributed by atoms with Gasteiger partial charge in [0, 0.05) is 12.8 Å². The smallest absolute Gasteiger partial charge is 0.374 e. The van der Waals surface area contributed by atoms with Gasteiger partial charge in [0.15, 0.2) is 0 Å². The second-order valence-electron chi connectivity index (χ2n) is 8.74. The van der Waals surface area contributed by atoms with Crippen LogP contribution in [0.3, 0.4) is 0 Å². The average molecular weight is 462 g/mol. The van der Waals surface area contributed by atoms with Crippen LogP contribution in [0, 0.1) is 11.3 Å². The van der Waals surface area contributed by atoms with E-state index in [2.05, 4.69) is 5.32 Å². The number of esters is 1. The summed E-state index contributed by atoms with van der Waals surface area (Å²) in [4.78, 5) is 59.9. The molecule has 11 heteroatoms. The molecule has 0 saturated heterocycles. The van der Waals surface area contributed by atoms with Crippen LogP contribution in [0.5, 0.6) is 0 Å². The minimum Gasteiger partial charge on any atom is -0.475 e. The molecule has 3 N–H and O–H groups in total. The molecule has 1 fully saturated rings. The standard InChI is InChI=1S/C21H32F2N2O7/c1-12(2)8-14(19(29)25-13(9-15(22)23)18(28)20(30)31)24-16(26)10-21(6-4-5-7-21)11-17(27)32-3/h12-15H,4-11H2,1-3H3,(H,24,26)(H,25,29)(H,30,31). The Balaban J connectivity index is 2.92. The van der Waals surface area contributed by atoms with Crippen LogP contribution < -0.4 is 10.6 Å². The highest BCUT2D eigenvalue weighted by Gasteiger charge is 2.39. The number of amides is 2. The molecule has 0 aliphatic heterocycles. The van der Waals surface area contributed by atoms with Crippen molar-refractivity contribution in [3.05, 3.63) is 0 Å². The van der Waals surface area contributed by atoms with Gasteiger partial charge in [-0.15, -0.1) is 0 Å². The van der Waals surface area contributed by atoms with E-state index in [1.807, 2.05) is 5.32 Å². The van der Waals surface area contributed by atoms with Crippen molar-refractivity contribution < 1.29 is 42.6 Å². The maximum Gasteiger partial charge on any atom is 0.374 e. The Morgan fingerprint density at radius 2 is 1.56 bits per heavy atom. The number of carboxylic acid groups (broad SMARTS) is 1. The van der Waals surface area contributed by atoms with Gasteiger partial charge >= 0.3 is 11.9 Å². The molecule has 0 aromatic rings. The third kappa shape index (κ3) is 8.88. The van der Waals surface area contributed by atoms with Crippen LogP contribution in [0.2, 0.25) is 0 Å². The second kappa shape index (κ2) is 12.4. The molecule has 9 nitrogen and oxygen atoms in total. The van der Waals surface area contributed by atoms with E-state index in [9.17, 15) is 32.8 Å². The quantitative estimate of drug-likeness (QED) is 0.280. The van der Waals surface area contributed by atoms with Crippen molar-refractivity contribution >= 4 is 29.5 Å². The molecule has 2 amide bonds. The zero-order chi connectivity index (χ0) is 24.5. The minimum absolute atomic E-state index is 0.0154. The average Bonchev–Trinajstić information content (AvgIpc) is 3.12. The maximum absolute atomic E-state index is 12.8. The summed E-state index contributed by atoms with van der Waals surface area (Å²) in [5.74, 6) is -5.42. The topological polar surface area (TPSA) is 139 Å². The van der Waals surface area contributed by atoms with Gasteiger partial charge in [-0.2, -0.15) is 0 Å². The van der Waals surface area contributed by atoms with Crippen LogP contribution >= 0.6 is 0 Å². The maximum atomic E-state index is 12.8. The van der Waals surface area contributed by atoms with Gasteiger partial charge < -0.3 is 20.5 Å². The SMILES string of the molecule is COC(=O)CC1(CC(=O)NC(CC(C)C)C(=O)NC(CC(F)F)C(=O)C(=O)O)CCCC1. The van der Waals surface area contributed by atoms with Crippen molar-refractivity contribution in [3.63, 3.8) is 0 Å². The molecule has 1 aliphatic carbocycles. The van der Waals surface area contributed by atoms with Gasteiger partial charge in [0.1, 0.15) is 12.1 Å². The number of Topliss-reactive ketones (excluding diaryl/α,β-unsaturated/α-hetero) is 1. The Hall–Kier alpha value is -2.59. The summed E-state index contributed by atoms with van der Waals surface area (Å²) in [6, 6.07) is -3.06. The first-order valence-corrected chi connectivity index (χ1v) is 10.6. The normalized spacial score (nSPS) is 17.0. The number of halogens is 2. The van der Waals surface area contributed by atoms with Crippen LogP contribution in [0.1, 0.15) is 65.2 Å². The first kappa shape index (κ1) is 27.4. The molecule has 1 saturated carbocycles. The van der Waals surface area contributed by atoms with Gasteiger partial charge in [-0.3, -0.25) is 19.2 Å². The zero-order valence-corrected chi connectivity index (χ0v) is 18.6. The number of rotatable bonds is 13. The minimum atomic E-state index is -3.01. The number of methoxy groups -OCH3 is 1. The summed E-state index contributed by atoms with van der Waals surface area (Å²) in [5, 5.41) is 13.4. The van der Waals surface area contributed by atoms with Crippen LogP contribution in [-0.2, 0) is 28.7 Å². The number of ether oxygens (including phenoxy) is 1. The van der Waals surface area contributed by atoms with Crippen LogP contribution in [0.4, 0.5) is 8.78 Å². The molecule has 0 spiro atoms. The first-order chi connectivity index (χ1) is 14.9. The zero-order valence-electron chi connectivity index (χ0n) is 18.6. The Morgan fingerprint density at radius 3 is 2.03 bits per heavy atom. The molecule has 0 bridgehead atoms. The number of nitrogens with one attached hydrogen (secondary N) is 2. The summed E-state index contributed by atoms with van der Waals surface area (Å²) >= 11 is 0. The fourth-order valence-corrected chi connectivity index (χ4v) is 4.04. The van der Waals surface area contributed by atoms with Gasteiger partial charge in [0.25, 0.3) is 5.78 Å². The number of hydrogen-bond donors (Lipinski definition) is 3. The van der Waals surface area contributed by atoms with E-state index in [4.69, 9.17) is 9.84 Å². The van der Waals surface area contributed by atoms with E-state index < -0.39 is 59.9 Å². The highest BCUT2D eigenvalue weighted by molar-refractivity contribution is 6.35. The predicted molar refractivity (Wildman–Crippen MR) is 109 cm³/mol. The molecule has 32 heavy (non-hydrogen) atoms. The molecule has 2 atom stereocenters. The first-order valence-electron chi connectivity index (χ1n) is 10.6.